The zero-order chi connectivity index (χ0) is 9.80. The first-order chi connectivity index (χ1) is 6.90. The molecule has 0 aromatic heterocycles. The minimum absolute atomic E-state index is 0.769. The molecule has 0 saturated heterocycles. The first-order valence-corrected chi connectivity index (χ1v) is 4.86. The van der Waals surface area contributed by atoms with Crippen molar-refractivity contribution in [3.05, 3.63) is 47.5 Å². The maximum Gasteiger partial charge on any atom is 0.110 e. The first-order valence-electron chi connectivity index (χ1n) is 4.86. The molecule has 1 aliphatic rings. The van der Waals surface area contributed by atoms with Crippen LogP contribution in [0.4, 0.5) is 0 Å². The predicted octanol–water partition coefficient (Wildman–Crippen LogP) is 0.893. The van der Waals surface area contributed by atoms with Crippen LogP contribution in [0.5, 0.6) is 0 Å². The van der Waals surface area contributed by atoms with Gasteiger partial charge in [-0.05, 0) is 12.5 Å². The maximum absolute atomic E-state index is 4.49. The van der Waals surface area contributed by atoms with Gasteiger partial charge in [-0.25, -0.2) is 0 Å². The van der Waals surface area contributed by atoms with Crippen LogP contribution in [0.3, 0.4) is 0 Å². The summed E-state index contributed by atoms with van der Waals surface area (Å²) in [4.78, 5) is 6.70. The smallest absolute Gasteiger partial charge is 0.110 e. The summed E-state index contributed by atoms with van der Waals surface area (Å²) in [5, 5.41) is 2.31. The number of fused-ring (bicyclic) bond motifs is 1. The number of hydrogen-bond donors (Lipinski definition) is 0. The Labute approximate surface area is 83.9 Å². The van der Waals surface area contributed by atoms with Crippen molar-refractivity contribution in [2.45, 2.75) is 6.42 Å². The van der Waals surface area contributed by atoms with Gasteiger partial charge in [0, 0.05) is 18.0 Å². The molecule has 0 radical (unpaired) electrons. The average Bonchev–Trinajstić information content (AvgIpc) is 2.26. The molecule has 0 saturated carbocycles. The van der Waals surface area contributed by atoms with Crippen LogP contribution in [0, 0.1) is 0 Å². The Balaban J connectivity index is 2.25. The van der Waals surface area contributed by atoms with Crippen LogP contribution in [0.25, 0.3) is 6.20 Å². The highest BCUT2D eigenvalue weighted by atomic mass is 15.2. The van der Waals surface area contributed by atoms with Crippen molar-refractivity contribution in [3.8, 4) is 0 Å². The summed E-state index contributed by atoms with van der Waals surface area (Å²) in [7, 11) is 0. The van der Waals surface area contributed by atoms with Gasteiger partial charge in [0.25, 0.3) is 0 Å². The normalized spacial score (nSPS) is 13.9. The number of benzene rings is 1. The van der Waals surface area contributed by atoms with Crippen molar-refractivity contribution in [1.29, 1.82) is 0 Å². The van der Waals surface area contributed by atoms with Gasteiger partial charge in [0.15, 0.2) is 0 Å². The number of para-hydroxylation sites is 1. The summed E-state index contributed by atoms with van der Waals surface area (Å²) in [6.45, 7) is 5.49. The van der Waals surface area contributed by atoms with Crippen molar-refractivity contribution >= 4 is 6.20 Å². The van der Waals surface area contributed by atoms with E-state index in [2.05, 4.69) is 34.8 Å². The minimum atomic E-state index is 0.769. The van der Waals surface area contributed by atoms with E-state index in [1.54, 1.807) is 0 Å². The third-order valence-corrected chi connectivity index (χ3v) is 2.30. The molecule has 0 fully saturated rings. The Morgan fingerprint density at radius 3 is 3.14 bits per heavy atom. The van der Waals surface area contributed by atoms with Gasteiger partial charge < -0.3 is 4.90 Å². The molecule has 14 heavy (non-hydrogen) atoms. The van der Waals surface area contributed by atoms with Gasteiger partial charge in [0.2, 0.25) is 0 Å². The van der Waals surface area contributed by atoms with E-state index >= 15 is 0 Å². The van der Waals surface area contributed by atoms with Crippen molar-refractivity contribution in [2.24, 2.45) is 4.99 Å². The third kappa shape index (κ3) is 1.84. The van der Waals surface area contributed by atoms with Gasteiger partial charge in [-0.3, -0.25) is 4.99 Å². The molecule has 2 rings (SSSR count). The van der Waals surface area contributed by atoms with Crippen LogP contribution in [0.1, 0.15) is 6.42 Å². The summed E-state index contributed by atoms with van der Waals surface area (Å²) in [5.41, 5.74) is 0. The van der Waals surface area contributed by atoms with E-state index in [-0.39, 0.29) is 0 Å². The second kappa shape index (κ2) is 4.09. The van der Waals surface area contributed by atoms with Gasteiger partial charge in [0.05, 0.1) is 5.36 Å². The predicted molar refractivity (Wildman–Crippen MR) is 58.1 cm³/mol. The van der Waals surface area contributed by atoms with E-state index in [9.17, 15) is 0 Å². The van der Waals surface area contributed by atoms with E-state index in [0.29, 0.717) is 0 Å². The van der Waals surface area contributed by atoms with Gasteiger partial charge in [0.1, 0.15) is 6.67 Å². The highest BCUT2D eigenvalue weighted by Crippen LogP contribution is 1.95. The molecule has 0 spiro atoms. The van der Waals surface area contributed by atoms with Crippen LogP contribution < -0.4 is 10.6 Å². The van der Waals surface area contributed by atoms with E-state index in [4.69, 9.17) is 0 Å². The van der Waals surface area contributed by atoms with Crippen molar-refractivity contribution in [2.75, 3.05) is 13.2 Å². The zero-order valence-corrected chi connectivity index (χ0v) is 8.19. The molecule has 1 heterocycles. The lowest BCUT2D eigenvalue weighted by atomic mass is 10.2. The van der Waals surface area contributed by atoms with E-state index < -0.39 is 0 Å². The molecular weight excluding hydrogens is 172 g/mol. The fourth-order valence-corrected chi connectivity index (χ4v) is 1.54. The Morgan fingerprint density at radius 2 is 2.29 bits per heavy atom. The highest BCUT2D eigenvalue weighted by molar-refractivity contribution is 5.23. The average molecular weight is 186 g/mol. The molecule has 1 aromatic rings. The van der Waals surface area contributed by atoms with Gasteiger partial charge in [-0.1, -0.05) is 24.3 Å². The molecule has 0 atom stereocenters. The fourth-order valence-electron chi connectivity index (χ4n) is 1.54. The second-order valence-electron chi connectivity index (χ2n) is 3.38. The minimum Gasteiger partial charge on any atom is -0.357 e. The largest absolute Gasteiger partial charge is 0.357 e. The van der Waals surface area contributed by atoms with Crippen LogP contribution in [0.15, 0.2) is 41.9 Å². The lowest BCUT2D eigenvalue weighted by Crippen LogP contribution is -2.35. The van der Waals surface area contributed by atoms with Crippen LogP contribution in [-0.4, -0.2) is 18.1 Å². The summed E-state index contributed by atoms with van der Waals surface area (Å²) in [6, 6.07) is 8.22. The molecule has 0 N–H and O–H groups in total. The molecule has 1 aliphatic heterocycles. The second-order valence-corrected chi connectivity index (χ2v) is 3.38. The summed E-state index contributed by atoms with van der Waals surface area (Å²) in [5.74, 6) is 0. The monoisotopic (exact) mass is 186 g/mol. The van der Waals surface area contributed by atoms with Crippen LogP contribution in [0.2, 0.25) is 0 Å². The first kappa shape index (κ1) is 9.00. The van der Waals surface area contributed by atoms with Crippen LogP contribution >= 0.6 is 0 Å². The molecule has 0 unspecified atom stereocenters. The molecule has 2 nitrogen and oxygen atoms in total. The lowest BCUT2D eigenvalue weighted by Gasteiger charge is -2.19. The van der Waals surface area contributed by atoms with E-state index in [1.165, 1.54) is 5.22 Å². The maximum atomic E-state index is 4.49. The lowest BCUT2D eigenvalue weighted by molar-refractivity contribution is 0.420. The van der Waals surface area contributed by atoms with Crippen LogP contribution in [-0.2, 0) is 0 Å². The van der Waals surface area contributed by atoms with E-state index in [1.807, 2.05) is 18.2 Å². The standard InChI is InChI=1S/C12H14N2/c1-2-3-8-14-9-11-6-4-5-7-12(11)13-10-14/h2,4-7,9H,1,3,8,10H2. The third-order valence-electron chi connectivity index (χ3n) is 2.30. The molecule has 0 bridgehead atoms. The molecule has 72 valence electrons. The Hall–Kier alpha value is -1.57. The molecule has 0 aliphatic carbocycles. The number of hydrogen-bond acceptors (Lipinski definition) is 2. The number of nitrogens with zero attached hydrogens (tertiary/aromatic N) is 2. The fraction of sp³-hybridized carbons (Fsp3) is 0.250. The Morgan fingerprint density at radius 1 is 1.43 bits per heavy atom. The molecule has 2 heteroatoms. The van der Waals surface area contributed by atoms with Crippen molar-refractivity contribution in [3.63, 3.8) is 0 Å². The summed E-state index contributed by atoms with van der Waals surface area (Å²) in [6.07, 6.45) is 5.12. The quantitative estimate of drug-likeness (QED) is 0.640. The Kier molecular flexibility index (Phi) is 2.63. The van der Waals surface area contributed by atoms with Crippen molar-refractivity contribution < 1.29 is 0 Å². The van der Waals surface area contributed by atoms with Gasteiger partial charge in [-0.15, -0.1) is 6.58 Å². The molecule has 1 aromatic carbocycles. The Bertz CT molecular complexity index is 434. The molecule has 0 amide bonds. The van der Waals surface area contributed by atoms with Gasteiger partial charge >= 0.3 is 0 Å². The molecular formula is C12H14N2. The SMILES string of the molecule is C=CCCN1C=c2ccccc2=NC1. The highest BCUT2D eigenvalue weighted by Gasteiger charge is 2.01. The summed E-state index contributed by atoms with van der Waals surface area (Å²) >= 11 is 0. The topological polar surface area (TPSA) is 15.6 Å². The number of rotatable bonds is 3. The van der Waals surface area contributed by atoms with E-state index in [0.717, 1.165) is 25.0 Å². The van der Waals surface area contributed by atoms with Crippen molar-refractivity contribution in [1.82, 2.24) is 4.90 Å². The summed E-state index contributed by atoms with van der Waals surface area (Å²) < 4.78 is 0. The zero-order valence-electron chi connectivity index (χ0n) is 8.19. The van der Waals surface area contributed by atoms with Gasteiger partial charge in [-0.2, -0.15) is 0 Å².